The van der Waals surface area contributed by atoms with Gasteiger partial charge in [0.2, 0.25) is 0 Å². The van der Waals surface area contributed by atoms with E-state index in [4.69, 9.17) is 23.2 Å². The van der Waals surface area contributed by atoms with Crippen LogP contribution in [0.25, 0.3) is 0 Å². The van der Waals surface area contributed by atoms with Crippen molar-refractivity contribution in [1.29, 1.82) is 0 Å². The van der Waals surface area contributed by atoms with Crippen LogP contribution in [0.3, 0.4) is 0 Å². The van der Waals surface area contributed by atoms with E-state index < -0.39 is 0 Å². The molecule has 96 valence electrons. The molecule has 1 atom stereocenters. The van der Waals surface area contributed by atoms with Crippen LogP contribution in [-0.2, 0) is 0 Å². The summed E-state index contributed by atoms with van der Waals surface area (Å²) in [6.45, 7) is 5.07. The van der Waals surface area contributed by atoms with Crippen LogP contribution in [-0.4, -0.2) is 6.54 Å². The monoisotopic (exact) mass is 299 g/mol. The number of hydrogen-bond donors (Lipinski definition) is 1. The molecule has 0 saturated carbocycles. The van der Waals surface area contributed by atoms with Gasteiger partial charge in [0.15, 0.2) is 0 Å². The highest BCUT2D eigenvalue weighted by Gasteiger charge is 2.21. The minimum Gasteiger partial charge on any atom is -0.306 e. The van der Waals surface area contributed by atoms with E-state index in [0.717, 1.165) is 12.1 Å². The van der Waals surface area contributed by atoms with Gasteiger partial charge in [0, 0.05) is 20.5 Å². The maximum Gasteiger partial charge on any atom is 0.0617 e. The van der Waals surface area contributed by atoms with Crippen molar-refractivity contribution in [3.63, 3.8) is 0 Å². The number of rotatable bonds is 4. The second-order valence-electron chi connectivity index (χ2n) is 4.06. The van der Waals surface area contributed by atoms with Gasteiger partial charge in [-0.15, -0.1) is 11.3 Å². The fourth-order valence-electron chi connectivity index (χ4n) is 2.05. The molecule has 1 aromatic heterocycles. The molecule has 0 aliphatic rings. The summed E-state index contributed by atoms with van der Waals surface area (Å²) >= 11 is 14.4. The lowest BCUT2D eigenvalue weighted by Gasteiger charge is -2.21. The molecule has 18 heavy (non-hydrogen) atoms. The zero-order valence-electron chi connectivity index (χ0n) is 10.3. The van der Waals surface area contributed by atoms with Crippen LogP contribution in [0.15, 0.2) is 29.6 Å². The SMILES string of the molecule is CCNC(c1ccsc1C)c1c(Cl)cccc1Cl. The van der Waals surface area contributed by atoms with Gasteiger partial charge >= 0.3 is 0 Å². The zero-order chi connectivity index (χ0) is 13.1. The van der Waals surface area contributed by atoms with Crippen molar-refractivity contribution in [1.82, 2.24) is 5.32 Å². The van der Waals surface area contributed by atoms with Gasteiger partial charge in [-0.25, -0.2) is 0 Å². The fourth-order valence-corrected chi connectivity index (χ4v) is 3.41. The van der Waals surface area contributed by atoms with Crippen molar-refractivity contribution in [2.24, 2.45) is 0 Å². The van der Waals surface area contributed by atoms with Crippen LogP contribution in [0.5, 0.6) is 0 Å². The summed E-state index contributed by atoms with van der Waals surface area (Å²) < 4.78 is 0. The highest BCUT2D eigenvalue weighted by Crippen LogP contribution is 2.36. The van der Waals surface area contributed by atoms with E-state index in [0.29, 0.717) is 10.0 Å². The normalized spacial score (nSPS) is 12.7. The minimum absolute atomic E-state index is 0.0578. The lowest BCUT2D eigenvalue weighted by molar-refractivity contribution is 0.630. The Balaban J connectivity index is 2.52. The van der Waals surface area contributed by atoms with Crippen molar-refractivity contribution in [3.8, 4) is 0 Å². The van der Waals surface area contributed by atoms with Gasteiger partial charge in [-0.3, -0.25) is 0 Å². The summed E-state index contributed by atoms with van der Waals surface area (Å²) in [6, 6.07) is 7.83. The first-order chi connectivity index (χ1) is 8.65. The Kier molecular flexibility index (Phi) is 4.68. The van der Waals surface area contributed by atoms with Crippen LogP contribution in [0.2, 0.25) is 10.0 Å². The van der Waals surface area contributed by atoms with Crippen molar-refractivity contribution in [3.05, 3.63) is 55.7 Å². The van der Waals surface area contributed by atoms with Crippen LogP contribution < -0.4 is 5.32 Å². The Morgan fingerprint density at radius 3 is 2.39 bits per heavy atom. The molecule has 0 bridgehead atoms. The van der Waals surface area contributed by atoms with E-state index in [9.17, 15) is 0 Å². The van der Waals surface area contributed by atoms with E-state index in [1.54, 1.807) is 11.3 Å². The topological polar surface area (TPSA) is 12.0 Å². The maximum absolute atomic E-state index is 6.31. The molecule has 1 N–H and O–H groups in total. The summed E-state index contributed by atoms with van der Waals surface area (Å²) in [7, 11) is 0. The zero-order valence-corrected chi connectivity index (χ0v) is 12.7. The van der Waals surface area contributed by atoms with Gasteiger partial charge in [-0.1, -0.05) is 36.2 Å². The van der Waals surface area contributed by atoms with Crippen molar-refractivity contribution >= 4 is 34.5 Å². The summed E-state index contributed by atoms with van der Waals surface area (Å²) in [5.74, 6) is 0. The molecule has 0 fully saturated rings. The van der Waals surface area contributed by atoms with Crippen molar-refractivity contribution in [2.75, 3.05) is 6.54 Å². The number of benzene rings is 1. The van der Waals surface area contributed by atoms with Crippen LogP contribution in [0.1, 0.15) is 29.0 Å². The summed E-state index contributed by atoms with van der Waals surface area (Å²) in [5, 5.41) is 6.97. The summed E-state index contributed by atoms with van der Waals surface area (Å²) in [6.07, 6.45) is 0. The Bertz CT molecular complexity index is 516. The first kappa shape index (κ1) is 13.9. The Labute approximate surface area is 122 Å². The second kappa shape index (κ2) is 6.07. The Morgan fingerprint density at radius 1 is 1.22 bits per heavy atom. The molecule has 1 heterocycles. The minimum atomic E-state index is 0.0578. The van der Waals surface area contributed by atoms with E-state index in [-0.39, 0.29) is 6.04 Å². The van der Waals surface area contributed by atoms with E-state index >= 15 is 0 Å². The Morgan fingerprint density at radius 2 is 1.89 bits per heavy atom. The standard InChI is InChI=1S/C14H15Cl2NS/c1-3-17-14(10-7-8-18-9(10)2)13-11(15)5-4-6-12(13)16/h4-8,14,17H,3H2,1-2H3. The molecular formula is C14H15Cl2NS. The van der Waals surface area contributed by atoms with Gasteiger partial charge < -0.3 is 5.32 Å². The first-order valence-electron chi connectivity index (χ1n) is 5.86. The van der Waals surface area contributed by atoms with Crippen molar-refractivity contribution < 1.29 is 0 Å². The smallest absolute Gasteiger partial charge is 0.0617 e. The average molecular weight is 300 g/mol. The molecule has 0 aliphatic carbocycles. The van der Waals surface area contributed by atoms with Crippen LogP contribution >= 0.6 is 34.5 Å². The number of hydrogen-bond acceptors (Lipinski definition) is 2. The maximum atomic E-state index is 6.31. The third-order valence-corrected chi connectivity index (χ3v) is 4.43. The highest BCUT2D eigenvalue weighted by molar-refractivity contribution is 7.10. The molecule has 0 radical (unpaired) electrons. The number of halogens is 2. The van der Waals surface area contributed by atoms with Gasteiger partial charge in [0.25, 0.3) is 0 Å². The highest BCUT2D eigenvalue weighted by atomic mass is 35.5. The van der Waals surface area contributed by atoms with Gasteiger partial charge in [-0.05, 0) is 42.6 Å². The Hall–Kier alpha value is -0.540. The molecular weight excluding hydrogens is 285 g/mol. The first-order valence-corrected chi connectivity index (χ1v) is 7.50. The fraction of sp³-hybridized carbons (Fsp3) is 0.286. The summed E-state index contributed by atoms with van der Waals surface area (Å²) in [5.41, 5.74) is 2.21. The molecule has 0 spiro atoms. The predicted molar refractivity (Wildman–Crippen MR) is 81.0 cm³/mol. The van der Waals surface area contributed by atoms with Crippen LogP contribution in [0.4, 0.5) is 0 Å². The average Bonchev–Trinajstić information content (AvgIpc) is 2.74. The largest absolute Gasteiger partial charge is 0.306 e. The lowest BCUT2D eigenvalue weighted by atomic mass is 9.99. The second-order valence-corrected chi connectivity index (χ2v) is 5.99. The molecule has 0 amide bonds. The van der Waals surface area contributed by atoms with E-state index in [2.05, 4.69) is 30.6 Å². The molecule has 0 aliphatic heterocycles. The third-order valence-electron chi connectivity index (χ3n) is 2.91. The van der Waals surface area contributed by atoms with E-state index in [1.807, 2.05) is 18.2 Å². The molecule has 2 aromatic rings. The van der Waals surface area contributed by atoms with Crippen LogP contribution in [0, 0.1) is 6.92 Å². The van der Waals surface area contributed by atoms with Crippen molar-refractivity contribution in [2.45, 2.75) is 19.9 Å². The van der Waals surface area contributed by atoms with Gasteiger partial charge in [0.05, 0.1) is 6.04 Å². The molecule has 1 unspecified atom stereocenters. The molecule has 2 rings (SSSR count). The third kappa shape index (κ3) is 2.72. The van der Waals surface area contributed by atoms with E-state index in [1.165, 1.54) is 10.4 Å². The molecule has 1 nitrogen and oxygen atoms in total. The lowest BCUT2D eigenvalue weighted by Crippen LogP contribution is -2.22. The van der Waals surface area contributed by atoms with Gasteiger partial charge in [-0.2, -0.15) is 0 Å². The number of thiophene rings is 1. The molecule has 0 saturated heterocycles. The predicted octanol–water partition coefficient (Wildman–Crippen LogP) is 5.06. The quantitative estimate of drug-likeness (QED) is 0.832. The number of aryl methyl sites for hydroxylation is 1. The summed E-state index contributed by atoms with van der Waals surface area (Å²) in [4.78, 5) is 1.29. The number of nitrogens with one attached hydrogen (secondary N) is 1. The molecule has 1 aromatic carbocycles. The van der Waals surface area contributed by atoms with Gasteiger partial charge in [0.1, 0.15) is 0 Å². The molecule has 4 heteroatoms.